The molecule has 1 saturated carbocycles. The van der Waals surface area contributed by atoms with E-state index in [0.717, 1.165) is 18.2 Å². The van der Waals surface area contributed by atoms with Crippen molar-refractivity contribution in [3.05, 3.63) is 11.9 Å². The summed E-state index contributed by atoms with van der Waals surface area (Å²) in [7, 11) is 0. The first-order valence-corrected chi connectivity index (χ1v) is 5.67. The molecular formula is C11H19N5. The van der Waals surface area contributed by atoms with Crippen LogP contribution < -0.4 is 16.6 Å². The smallest absolute Gasteiger partial charge is 0.145 e. The Kier molecular flexibility index (Phi) is 2.96. The topological polar surface area (TPSA) is 75.9 Å². The maximum Gasteiger partial charge on any atom is 0.145 e. The minimum Gasteiger partial charge on any atom is -0.369 e. The summed E-state index contributed by atoms with van der Waals surface area (Å²) in [5.41, 5.74) is 2.98. The Hall–Kier alpha value is -1.36. The summed E-state index contributed by atoms with van der Waals surface area (Å²) in [4.78, 5) is 8.47. The maximum atomic E-state index is 5.34. The van der Waals surface area contributed by atoms with Gasteiger partial charge < -0.3 is 10.7 Å². The van der Waals surface area contributed by atoms with E-state index >= 15 is 0 Å². The summed E-state index contributed by atoms with van der Waals surface area (Å²) in [5, 5.41) is 3.36. The van der Waals surface area contributed by atoms with E-state index in [9.17, 15) is 0 Å². The fourth-order valence-corrected chi connectivity index (χ4v) is 1.99. The molecule has 0 bridgehead atoms. The lowest BCUT2D eigenvalue weighted by molar-refractivity contribution is 0.180. The Morgan fingerprint density at radius 3 is 2.62 bits per heavy atom. The molecule has 0 aliphatic heterocycles. The fraction of sp³-hybridized carbons (Fsp3) is 0.636. The van der Waals surface area contributed by atoms with Gasteiger partial charge in [0.2, 0.25) is 0 Å². The zero-order valence-electron chi connectivity index (χ0n) is 9.88. The predicted octanol–water partition coefficient (Wildman–Crippen LogP) is 1.67. The predicted molar refractivity (Wildman–Crippen MR) is 65.0 cm³/mol. The standard InChI is InChI=1S/C11H19N5/c1-8-14-9(6-10(15-8)16-12)13-7-11(2)4-3-5-11/h6H,3-5,7,12H2,1-2H3,(H2,13,14,15,16). The molecule has 0 radical (unpaired) electrons. The van der Waals surface area contributed by atoms with Crippen LogP contribution in [0.1, 0.15) is 32.0 Å². The van der Waals surface area contributed by atoms with E-state index in [1.165, 1.54) is 19.3 Å². The largest absolute Gasteiger partial charge is 0.369 e. The molecule has 1 aliphatic carbocycles. The van der Waals surface area contributed by atoms with Gasteiger partial charge in [0.15, 0.2) is 0 Å². The molecule has 0 spiro atoms. The highest BCUT2D eigenvalue weighted by Crippen LogP contribution is 2.40. The summed E-state index contributed by atoms with van der Waals surface area (Å²) in [6, 6.07) is 1.83. The highest BCUT2D eigenvalue weighted by atomic mass is 15.3. The third-order valence-corrected chi connectivity index (χ3v) is 3.24. The molecule has 88 valence electrons. The zero-order valence-corrected chi connectivity index (χ0v) is 9.88. The molecule has 16 heavy (non-hydrogen) atoms. The van der Waals surface area contributed by atoms with Crippen LogP contribution in [0.3, 0.4) is 0 Å². The van der Waals surface area contributed by atoms with Gasteiger partial charge >= 0.3 is 0 Å². The molecule has 0 unspecified atom stereocenters. The number of nitrogens with one attached hydrogen (secondary N) is 2. The second kappa shape index (κ2) is 4.25. The number of aromatic nitrogens is 2. The van der Waals surface area contributed by atoms with Crippen molar-refractivity contribution in [1.82, 2.24) is 9.97 Å². The summed E-state index contributed by atoms with van der Waals surface area (Å²) in [5.74, 6) is 7.55. The van der Waals surface area contributed by atoms with E-state index in [4.69, 9.17) is 5.84 Å². The molecule has 5 heteroatoms. The molecule has 1 heterocycles. The molecule has 1 fully saturated rings. The van der Waals surface area contributed by atoms with E-state index in [1.54, 1.807) is 0 Å². The zero-order chi connectivity index (χ0) is 11.6. The second-order valence-corrected chi connectivity index (χ2v) is 4.85. The first kappa shape index (κ1) is 11.1. The molecule has 0 aromatic carbocycles. The Bertz CT molecular complexity index is 373. The van der Waals surface area contributed by atoms with E-state index in [1.807, 2.05) is 13.0 Å². The van der Waals surface area contributed by atoms with E-state index in [0.29, 0.717) is 11.2 Å². The number of hydrazine groups is 1. The van der Waals surface area contributed by atoms with Crippen molar-refractivity contribution in [2.45, 2.75) is 33.1 Å². The van der Waals surface area contributed by atoms with Crippen LogP contribution in [-0.4, -0.2) is 16.5 Å². The molecular weight excluding hydrogens is 202 g/mol. The van der Waals surface area contributed by atoms with Crippen LogP contribution in [0.25, 0.3) is 0 Å². The number of hydrogen-bond acceptors (Lipinski definition) is 5. The van der Waals surface area contributed by atoms with Gasteiger partial charge in [-0.1, -0.05) is 13.3 Å². The van der Waals surface area contributed by atoms with Gasteiger partial charge in [-0.05, 0) is 25.2 Å². The van der Waals surface area contributed by atoms with Crippen molar-refractivity contribution in [1.29, 1.82) is 0 Å². The summed E-state index contributed by atoms with van der Waals surface area (Å²) in [6.07, 6.45) is 3.94. The molecule has 0 saturated heterocycles. The van der Waals surface area contributed by atoms with E-state index in [-0.39, 0.29) is 0 Å². The first-order chi connectivity index (χ1) is 7.61. The van der Waals surface area contributed by atoms with Gasteiger partial charge in [0.05, 0.1) is 0 Å². The van der Waals surface area contributed by atoms with Crippen LogP contribution in [0.5, 0.6) is 0 Å². The van der Waals surface area contributed by atoms with Gasteiger partial charge in [-0.2, -0.15) is 0 Å². The molecule has 1 aromatic rings. The maximum absolute atomic E-state index is 5.34. The third kappa shape index (κ3) is 2.41. The Balaban J connectivity index is 2.00. The van der Waals surface area contributed by atoms with Gasteiger partial charge in [-0.15, -0.1) is 0 Å². The summed E-state index contributed by atoms with van der Waals surface area (Å²) < 4.78 is 0. The fourth-order valence-electron chi connectivity index (χ4n) is 1.99. The molecule has 4 N–H and O–H groups in total. The molecule has 2 rings (SSSR count). The number of aryl methyl sites for hydroxylation is 1. The van der Waals surface area contributed by atoms with Gasteiger partial charge in [-0.3, -0.25) is 0 Å². The first-order valence-electron chi connectivity index (χ1n) is 5.67. The van der Waals surface area contributed by atoms with Crippen molar-refractivity contribution < 1.29 is 0 Å². The number of nitrogens with zero attached hydrogens (tertiary/aromatic N) is 2. The van der Waals surface area contributed by atoms with Crippen LogP contribution >= 0.6 is 0 Å². The average molecular weight is 221 g/mol. The number of nitrogen functional groups attached to an aromatic ring is 1. The van der Waals surface area contributed by atoms with Crippen LogP contribution in [0, 0.1) is 12.3 Å². The highest BCUT2D eigenvalue weighted by molar-refractivity contribution is 5.46. The van der Waals surface area contributed by atoms with Gasteiger partial charge in [0.1, 0.15) is 17.5 Å². The van der Waals surface area contributed by atoms with E-state index in [2.05, 4.69) is 27.6 Å². The lowest BCUT2D eigenvalue weighted by atomic mass is 9.70. The molecule has 0 atom stereocenters. The Labute approximate surface area is 95.8 Å². The van der Waals surface area contributed by atoms with Crippen molar-refractivity contribution in [2.24, 2.45) is 11.3 Å². The monoisotopic (exact) mass is 221 g/mol. The Morgan fingerprint density at radius 1 is 1.38 bits per heavy atom. The molecule has 0 amide bonds. The van der Waals surface area contributed by atoms with Crippen LogP contribution in [-0.2, 0) is 0 Å². The van der Waals surface area contributed by atoms with Gasteiger partial charge in [0.25, 0.3) is 0 Å². The lowest BCUT2D eigenvalue weighted by Crippen LogP contribution is -2.33. The van der Waals surface area contributed by atoms with Gasteiger partial charge in [0, 0.05) is 12.6 Å². The number of anilines is 2. The Morgan fingerprint density at radius 2 is 2.06 bits per heavy atom. The molecule has 5 nitrogen and oxygen atoms in total. The number of rotatable bonds is 4. The minimum absolute atomic E-state index is 0.440. The number of hydrogen-bond donors (Lipinski definition) is 3. The SMILES string of the molecule is Cc1nc(NN)cc(NCC2(C)CCC2)n1. The molecule has 1 aliphatic rings. The quantitative estimate of drug-likeness (QED) is 0.532. The van der Waals surface area contributed by atoms with Gasteiger partial charge in [-0.25, -0.2) is 15.8 Å². The normalized spacial score (nSPS) is 17.7. The van der Waals surface area contributed by atoms with Crippen molar-refractivity contribution >= 4 is 11.6 Å². The minimum atomic E-state index is 0.440. The van der Waals surface area contributed by atoms with Crippen molar-refractivity contribution in [3.63, 3.8) is 0 Å². The second-order valence-electron chi connectivity index (χ2n) is 4.85. The number of nitrogens with two attached hydrogens (primary N) is 1. The van der Waals surface area contributed by atoms with E-state index < -0.39 is 0 Å². The van der Waals surface area contributed by atoms with Crippen molar-refractivity contribution in [2.75, 3.05) is 17.3 Å². The molecule has 1 aromatic heterocycles. The summed E-state index contributed by atoms with van der Waals surface area (Å²) >= 11 is 0. The lowest BCUT2D eigenvalue weighted by Gasteiger charge is -2.38. The highest BCUT2D eigenvalue weighted by Gasteiger charge is 2.31. The van der Waals surface area contributed by atoms with Crippen LogP contribution in [0.4, 0.5) is 11.6 Å². The van der Waals surface area contributed by atoms with Crippen molar-refractivity contribution in [3.8, 4) is 0 Å². The third-order valence-electron chi connectivity index (χ3n) is 3.24. The average Bonchev–Trinajstić information content (AvgIpc) is 2.23. The summed E-state index contributed by atoms with van der Waals surface area (Å²) in [6.45, 7) is 5.13. The van der Waals surface area contributed by atoms with Crippen LogP contribution in [0.2, 0.25) is 0 Å². The van der Waals surface area contributed by atoms with Crippen LogP contribution in [0.15, 0.2) is 6.07 Å².